The van der Waals surface area contributed by atoms with E-state index in [1.165, 1.54) is 5.56 Å². The highest BCUT2D eigenvalue weighted by Crippen LogP contribution is 2.33. The molecule has 2 N–H and O–H groups in total. The number of aliphatic hydroxyl groups is 1. The van der Waals surface area contributed by atoms with Crippen LogP contribution in [0.4, 0.5) is 11.6 Å². The summed E-state index contributed by atoms with van der Waals surface area (Å²) in [6.45, 7) is 3.45. The maximum Gasteiger partial charge on any atom is 0.134 e. The molecule has 0 bridgehead atoms. The fraction of sp³-hybridized carbons (Fsp3) is 0.474. The lowest BCUT2D eigenvalue weighted by atomic mass is 9.99. The second kappa shape index (κ2) is 7.80. The number of anilines is 2. The van der Waals surface area contributed by atoms with Gasteiger partial charge in [-0.25, -0.2) is 9.97 Å². The van der Waals surface area contributed by atoms with Crippen molar-refractivity contribution in [1.29, 1.82) is 0 Å². The molecule has 1 unspecified atom stereocenters. The Bertz CT molecular complexity index is 786. The number of piperidine rings is 1. The lowest BCUT2D eigenvalue weighted by Crippen LogP contribution is -2.37. The number of hydrogen-bond donors (Lipinski definition) is 2. The Balaban J connectivity index is 1.47. The minimum Gasteiger partial charge on any atom is -0.493 e. The van der Waals surface area contributed by atoms with Gasteiger partial charge in [0.1, 0.15) is 23.7 Å². The molecule has 4 rings (SSSR count). The van der Waals surface area contributed by atoms with Crippen molar-refractivity contribution in [2.45, 2.75) is 25.8 Å². The van der Waals surface area contributed by atoms with Gasteiger partial charge in [0.25, 0.3) is 0 Å². The third-order valence-corrected chi connectivity index (χ3v) is 5.50. The van der Waals surface area contributed by atoms with E-state index in [-0.39, 0.29) is 6.61 Å². The van der Waals surface area contributed by atoms with Gasteiger partial charge in [0.15, 0.2) is 0 Å². The molecule has 1 aromatic heterocycles. The number of benzene rings is 1. The number of halogens is 1. The summed E-state index contributed by atoms with van der Waals surface area (Å²) < 4.78 is 6.86. The number of ether oxygens (including phenoxy) is 1. The van der Waals surface area contributed by atoms with Crippen LogP contribution in [0.3, 0.4) is 0 Å². The predicted molar refractivity (Wildman–Crippen MR) is 105 cm³/mol. The third-order valence-electron chi connectivity index (χ3n) is 5.04. The van der Waals surface area contributed by atoms with Crippen LogP contribution in [0.2, 0.25) is 0 Å². The number of nitrogens with zero attached hydrogens (tertiary/aromatic N) is 3. The smallest absolute Gasteiger partial charge is 0.134 e. The van der Waals surface area contributed by atoms with E-state index in [2.05, 4.69) is 48.2 Å². The lowest BCUT2D eigenvalue weighted by Gasteiger charge is -2.32. The number of nitrogens with one attached hydrogen (secondary N) is 1. The highest BCUT2D eigenvalue weighted by molar-refractivity contribution is 9.10. The van der Waals surface area contributed by atoms with Crippen LogP contribution in [-0.2, 0) is 13.0 Å². The van der Waals surface area contributed by atoms with Crippen molar-refractivity contribution in [2.24, 2.45) is 5.92 Å². The zero-order valence-electron chi connectivity index (χ0n) is 14.6. The van der Waals surface area contributed by atoms with Crippen LogP contribution in [0.5, 0.6) is 5.75 Å². The Labute approximate surface area is 161 Å². The van der Waals surface area contributed by atoms with E-state index >= 15 is 0 Å². The molecule has 1 saturated heterocycles. The SMILES string of the molecule is OCC1CCCN(c2cc(NCc3cc(Br)cc4c3OCC4)ncn2)C1. The average molecular weight is 419 g/mol. The number of aromatic nitrogens is 2. The van der Waals surface area contributed by atoms with Gasteiger partial charge in [-0.1, -0.05) is 15.9 Å². The van der Waals surface area contributed by atoms with Gasteiger partial charge < -0.3 is 20.1 Å². The molecule has 0 saturated carbocycles. The molecule has 1 fully saturated rings. The van der Waals surface area contributed by atoms with Gasteiger partial charge >= 0.3 is 0 Å². The standard InChI is InChI=1S/C19H23BrN4O2/c20-16-6-14-3-5-26-19(14)15(7-16)9-21-17-8-18(23-12-22-17)24-4-1-2-13(10-24)11-25/h6-8,12-13,25H,1-5,9-11H2,(H,21,22,23). The van der Waals surface area contributed by atoms with Crippen LogP contribution in [0.1, 0.15) is 24.0 Å². The Kier molecular flexibility index (Phi) is 5.26. The van der Waals surface area contributed by atoms with Gasteiger partial charge in [-0.15, -0.1) is 0 Å². The molecule has 138 valence electrons. The van der Waals surface area contributed by atoms with Crippen molar-refractivity contribution >= 4 is 27.6 Å². The summed E-state index contributed by atoms with van der Waals surface area (Å²) in [6, 6.07) is 6.21. The summed E-state index contributed by atoms with van der Waals surface area (Å²) in [4.78, 5) is 11.0. The van der Waals surface area contributed by atoms with Crippen molar-refractivity contribution in [2.75, 3.05) is 36.5 Å². The van der Waals surface area contributed by atoms with Crippen molar-refractivity contribution in [3.63, 3.8) is 0 Å². The summed E-state index contributed by atoms with van der Waals surface area (Å²) in [5.74, 6) is 3.04. The van der Waals surface area contributed by atoms with Crippen molar-refractivity contribution < 1.29 is 9.84 Å². The molecule has 1 atom stereocenters. The molecular formula is C19H23BrN4O2. The second-order valence-electron chi connectivity index (χ2n) is 6.90. The molecule has 1 aromatic carbocycles. The largest absolute Gasteiger partial charge is 0.493 e. The Hall–Kier alpha value is -1.86. The Morgan fingerprint density at radius 2 is 2.23 bits per heavy atom. The van der Waals surface area contributed by atoms with Crippen LogP contribution in [0.15, 0.2) is 29.0 Å². The van der Waals surface area contributed by atoms with Gasteiger partial charge in [0, 0.05) is 48.8 Å². The fourth-order valence-corrected chi connectivity index (χ4v) is 4.25. The maximum absolute atomic E-state index is 9.43. The topological polar surface area (TPSA) is 70.5 Å². The monoisotopic (exact) mass is 418 g/mol. The molecule has 0 spiro atoms. The van der Waals surface area contributed by atoms with Crippen LogP contribution >= 0.6 is 15.9 Å². The molecule has 2 aliphatic rings. The molecule has 0 aliphatic carbocycles. The van der Waals surface area contributed by atoms with Gasteiger partial charge in [-0.2, -0.15) is 0 Å². The summed E-state index contributed by atoms with van der Waals surface area (Å²) in [5, 5.41) is 12.8. The zero-order valence-corrected chi connectivity index (χ0v) is 16.2. The zero-order chi connectivity index (χ0) is 17.9. The lowest BCUT2D eigenvalue weighted by molar-refractivity contribution is 0.208. The third kappa shape index (κ3) is 3.78. The van der Waals surface area contributed by atoms with E-state index < -0.39 is 0 Å². The summed E-state index contributed by atoms with van der Waals surface area (Å²) >= 11 is 3.58. The second-order valence-corrected chi connectivity index (χ2v) is 7.82. The van der Waals surface area contributed by atoms with E-state index in [1.807, 2.05) is 6.07 Å². The van der Waals surface area contributed by atoms with Crippen LogP contribution in [-0.4, -0.2) is 41.4 Å². The van der Waals surface area contributed by atoms with Crippen LogP contribution < -0.4 is 15.0 Å². The molecule has 6 nitrogen and oxygen atoms in total. The first kappa shape index (κ1) is 17.5. The Morgan fingerprint density at radius 1 is 1.31 bits per heavy atom. The summed E-state index contributed by atoms with van der Waals surface area (Å²) in [5.41, 5.74) is 2.38. The van der Waals surface area contributed by atoms with E-state index in [9.17, 15) is 5.11 Å². The van der Waals surface area contributed by atoms with Crippen molar-refractivity contribution in [1.82, 2.24) is 9.97 Å². The van der Waals surface area contributed by atoms with Crippen LogP contribution in [0.25, 0.3) is 0 Å². The Morgan fingerprint density at radius 3 is 3.12 bits per heavy atom. The molecule has 0 amide bonds. The first-order valence-electron chi connectivity index (χ1n) is 9.09. The van der Waals surface area contributed by atoms with E-state index in [1.54, 1.807) is 6.33 Å². The number of hydrogen-bond acceptors (Lipinski definition) is 6. The van der Waals surface area contributed by atoms with Crippen molar-refractivity contribution in [3.05, 3.63) is 40.1 Å². The number of aliphatic hydroxyl groups excluding tert-OH is 1. The normalized spacial score (nSPS) is 19.2. The number of fused-ring (bicyclic) bond motifs is 1. The van der Waals surface area contributed by atoms with E-state index in [4.69, 9.17) is 4.74 Å². The minimum absolute atomic E-state index is 0.237. The van der Waals surface area contributed by atoms with E-state index in [0.29, 0.717) is 12.5 Å². The van der Waals surface area contributed by atoms with E-state index in [0.717, 1.165) is 66.4 Å². The summed E-state index contributed by atoms with van der Waals surface area (Å²) in [6.07, 6.45) is 4.72. The molecule has 7 heteroatoms. The molecule has 2 aliphatic heterocycles. The summed E-state index contributed by atoms with van der Waals surface area (Å²) in [7, 11) is 0. The maximum atomic E-state index is 9.43. The van der Waals surface area contributed by atoms with Gasteiger partial charge in [0.05, 0.1) is 6.61 Å². The number of rotatable bonds is 5. The average Bonchev–Trinajstić information content (AvgIpc) is 3.15. The predicted octanol–water partition coefficient (Wildman–Crippen LogP) is 2.99. The first-order chi connectivity index (χ1) is 12.7. The van der Waals surface area contributed by atoms with Gasteiger partial charge in [0.2, 0.25) is 0 Å². The molecular weight excluding hydrogens is 396 g/mol. The highest BCUT2D eigenvalue weighted by Gasteiger charge is 2.21. The van der Waals surface area contributed by atoms with Crippen LogP contribution in [0, 0.1) is 5.92 Å². The quantitative estimate of drug-likeness (QED) is 0.777. The molecule has 3 heterocycles. The fourth-order valence-electron chi connectivity index (χ4n) is 3.70. The molecule has 2 aromatic rings. The molecule has 0 radical (unpaired) electrons. The minimum atomic E-state index is 0.237. The molecule has 26 heavy (non-hydrogen) atoms. The van der Waals surface area contributed by atoms with Gasteiger partial charge in [-0.05, 0) is 36.5 Å². The highest BCUT2D eigenvalue weighted by atomic mass is 79.9. The van der Waals surface area contributed by atoms with Gasteiger partial charge in [-0.3, -0.25) is 0 Å². The first-order valence-corrected chi connectivity index (χ1v) is 9.88. The van der Waals surface area contributed by atoms with Crippen molar-refractivity contribution in [3.8, 4) is 5.75 Å².